The van der Waals surface area contributed by atoms with Crippen molar-refractivity contribution in [3.05, 3.63) is 29.3 Å². The van der Waals surface area contributed by atoms with Crippen LogP contribution in [0.15, 0.2) is 23.1 Å². The molecule has 1 aromatic carbocycles. The molecule has 1 rings (SSSR count). The molecule has 0 unspecified atom stereocenters. The number of rotatable bonds is 5. The molecule has 0 heterocycles. The Labute approximate surface area is 117 Å². The third kappa shape index (κ3) is 3.99. The molecule has 1 atom stereocenters. The average Bonchev–Trinajstić information content (AvgIpc) is 2.35. The van der Waals surface area contributed by atoms with Gasteiger partial charge in [0, 0.05) is 10.5 Å². The monoisotopic (exact) mass is 281 g/mol. The summed E-state index contributed by atoms with van der Waals surface area (Å²) in [5.41, 5.74) is 1.36. The number of hydrogen-bond donors (Lipinski definition) is 2. The Balaban J connectivity index is 2.97. The number of aryl methyl sites for hydroxylation is 1. The molecule has 4 nitrogen and oxygen atoms in total. The lowest BCUT2D eigenvalue weighted by atomic mass is 10.0. The van der Waals surface area contributed by atoms with E-state index in [2.05, 4.69) is 5.32 Å². The van der Waals surface area contributed by atoms with E-state index in [9.17, 15) is 9.59 Å². The molecule has 19 heavy (non-hydrogen) atoms. The van der Waals surface area contributed by atoms with Crippen LogP contribution in [0.1, 0.15) is 29.8 Å². The molecule has 0 bridgehead atoms. The molecule has 5 heteroatoms. The van der Waals surface area contributed by atoms with E-state index in [0.717, 1.165) is 10.5 Å². The third-order valence-electron chi connectivity index (χ3n) is 2.91. The number of aliphatic carboxylic acids is 1. The van der Waals surface area contributed by atoms with E-state index in [1.54, 1.807) is 31.7 Å². The maximum absolute atomic E-state index is 12.2. The number of carbonyl (C=O) groups is 2. The largest absolute Gasteiger partial charge is 0.480 e. The molecular formula is C14H19NO3S. The minimum absolute atomic E-state index is 0.162. The number of hydrogen-bond acceptors (Lipinski definition) is 3. The summed E-state index contributed by atoms with van der Waals surface area (Å²) in [7, 11) is 0. The summed E-state index contributed by atoms with van der Waals surface area (Å²) in [4.78, 5) is 24.2. The Morgan fingerprint density at radius 1 is 1.32 bits per heavy atom. The van der Waals surface area contributed by atoms with Gasteiger partial charge in [0.2, 0.25) is 0 Å². The smallest absolute Gasteiger partial charge is 0.326 e. The first-order valence-electron chi connectivity index (χ1n) is 6.05. The second-order valence-electron chi connectivity index (χ2n) is 4.71. The minimum atomic E-state index is -1.01. The standard InChI is InChI=1S/C14H19NO3S/c1-8(2)12(14(17)18)15-13(16)11-7-10(19-4)6-5-9(11)3/h5-8,12H,1-4H3,(H,15,16)(H,17,18)/t12-/m1/s1. The normalized spacial score (nSPS) is 12.3. The quantitative estimate of drug-likeness (QED) is 0.814. The summed E-state index contributed by atoms with van der Waals surface area (Å²) in [6.07, 6.45) is 1.93. The Hall–Kier alpha value is -1.49. The van der Waals surface area contributed by atoms with Gasteiger partial charge in [0.25, 0.3) is 5.91 Å². The van der Waals surface area contributed by atoms with Crippen LogP contribution >= 0.6 is 11.8 Å². The molecule has 2 N–H and O–H groups in total. The zero-order chi connectivity index (χ0) is 14.6. The van der Waals surface area contributed by atoms with Crippen molar-refractivity contribution in [2.45, 2.75) is 31.7 Å². The van der Waals surface area contributed by atoms with E-state index in [4.69, 9.17) is 5.11 Å². The lowest BCUT2D eigenvalue weighted by molar-refractivity contribution is -0.140. The van der Waals surface area contributed by atoms with Crippen LogP contribution in [0.3, 0.4) is 0 Å². The van der Waals surface area contributed by atoms with Crippen LogP contribution in [0.5, 0.6) is 0 Å². The predicted molar refractivity (Wildman–Crippen MR) is 76.7 cm³/mol. The van der Waals surface area contributed by atoms with Gasteiger partial charge in [-0.3, -0.25) is 4.79 Å². The fourth-order valence-electron chi connectivity index (χ4n) is 1.71. The predicted octanol–water partition coefficient (Wildman–Crippen LogP) is 2.56. The number of benzene rings is 1. The molecule has 0 saturated heterocycles. The van der Waals surface area contributed by atoms with E-state index in [1.807, 2.05) is 25.3 Å². The number of nitrogens with one attached hydrogen (secondary N) is 1. The number of amides is 1. The topological polar surface area (TPSA) is 66.4 Å². The lowest BCUT2D eigenvalue weighted by Gasteiger charge is -2.18. The summed E-state index contributed by atoms with van der Waals surface area (Å²) >= 11 is 1.54. The van der Waals surface area contributed by atoms with Crippen LogP contribution in [0.2, 0.25) is 0 Å². The van der Waals surface area contributed by atoms with Gasteiger partial charge >= 0.3 is 5.97 Å². The van der Waals surface area contributed by atoms with Crippen LogP contribution in [0.4, 0.5) is 0 Å². The van der Waals surface area contributed by atoms with Gasteiger partial charge in [-0.2, -0.15) is 0 Å². The number of thioether (sulfide) groups is 1. The van der Waals surface area contributed by atoms with Crippen LogP contribution in [0.25, 0.3) is 0 Å². The second-order valence-corrected chi connectivity index (χ2v) is 5.59. The van der Waals surface area contributed by atoms with E-state index in [0.29, 0.717) is 5.56 Å². The maximum atomic E-state index is 12.2. The van der Waals surface area contributed by atoms with E-state index in [1.165, 1.54) is 0 Å². The average molecular weight is 281 g/mol. The fourth-order valence-corrected chi connectivity index (χ4v) is 2.15. The highest BCUT2D eigenvalue weighted by Gasteiger charge is 2.24. The van der Waals surface area contributed by atoms with Crippen LogP contribution in [-0.4, -0.2) is 29.3 Å². The molecule has 0 aromatic heterocycles. The van der Waals surface area contributed by atoms with Crippen molar-refractivity contribution in [3.63, 3.8) is 0 Å². The minimum Gasteiger partial charge on any atom is -0.480 e. The molecule has 1 amide bonds. The Bertz CT molecular complexity index is 486. The Morgan fingerprint density at radius 3 is 2.42 bits per heavy atom. The first kappa shape index (κ1) is 15.6. The number of carboxylic acid groups (broad SMARTS) is 1. The number of carboxylic acids is 1. The molecule has 1 aromatic rings. The van der Waals surface area contributed by atoms with Gasteiger partial charge in [-0.05, 0) is 36.8 Å². The fraction of sp³-hybridized carbons (Fsp3) is 0.429. The highest BCUT2D eigenvalue weighted by molar-refractivity contribution is 7.98. The van der Waals surface area contributed by atoms with Gasteiger partial charge in [-0.1, -0.05) is 19.9 Å². The third-order valence-corrected chi connectivity index (χ3v) is 3.63. The summed E-state index contributed by atoms with van der Waals surface area (Å²) in [5, 5.41) is 11.7. The number of carbonyl (C=O) groups excluding carboxylic acids is 1. The molecule has 104 valence electrons. The van der Waals surface area contributed by atoms with Gasteiger partial charge < -0.3 is 10.4 Å². The van der Waals surface area contributed by atoms with Crippen LogP contribution < -0.4 is 5.32 Å². The van der Waals surface area contributed by atoms with Gasteiger partial charge in [0.15, 0.2) is 0 Å². The molecular weight excluding hydrogens is 262 g/mol. The van der Waals surface area contributed by atoms with Crippen molar-refractivity contribution in [3.8, 4) is 0 Å². The van der Waals surface area contributed by atoms with Gasteiger partial charge in [0.05, 0.1) is 0 Å². The zero-order valence-electron chi connectivity index (χ0n) is 11.6. The molecule has 0 fully saturated rings. The Morgan fingerprint density at radius 2 is 1.95 bits per heavy atom. The van der Waals surface area contributed by atoms with Crippen molar-refractivity contribution in [1.82, 2.24) is 5.32 Å². The van der Waals surface area contributed by atoms with Crippen molar-refractivity contribution < 1.29 is 14.7 Å². The van der Waals surface area contributed by atoms with Crippen LogP contribution in [0, 0.1) is 12.8 Å². The first-order chi connectivity index (χ1) is 8.86. The van der Waals surface area contributed by atoms with Gasteiger partial charge in [-0.25, -0.2) is 4.79 Å². The van der Waals surface area contributed by atoms with Crippen molar-refractivity contribution in [1.29, 1.82) is 0 Å². The summed E-state index contributed by atoms with van der Waals surface area (Å²) in [6, 6.07) is 4.72. The molecule has 0 radical (unpaired) electrons. The highest BCUT2D eigenvalue weighted by Crippen LogP contribution is 2.19. The lowest BCUT2D eigenvalue weighted by Crippen LogP contribution is -2.44. The zero-order valence-corrected chi connectivity index (χ0v) is 12.4. The maximum Gasteiger partial charge on any atom is 0.326 e. The first-order valence-corrected chi connectivity index (χ1v) is 7.27. The van der Waals surface area contributed by atoms with Crippen molar-refractivity contribution in [2.75, 3.05) is 6.26 Å². The van der Waals surface area contributed by atoms with Crippen molar-refractivity contribution >= 4 is 23.6 Å². The summed E-state index contributed by atoms with van der Waals surface area (Å²) < 4.78 is 0. The van der Waals surface area contributed by atoms with E-state index in [-0.39, 0.29) is 11.8 Å². The molecule has 0 aliphatic carbocycles. The highest BCUT2D eigenvalue weighted by atomic mass is 32.2. The van der Waals surface area contributed by atoms with Crippen molar-refractivity contribution in [2.24, 2.45) is 5.92 Å². The van der Waals surface area contributed by atoms with E-state index < -0.39 is 12.0 Å². The molecule has 0 aliphatic heterocycles. The molecule has 0 saturated carbocycles. The van der Waals surface area contributed by atoms with E-state index >= 15 is 0 Å². The second kappa shape index (κ2) is 6.61. The van der Waals surface area contributed by atoms with Gasteiger partial charge in [0.1, 0.15) is 6.04 Å². The van der Waals surface area contributed by atoms with Crippen LogP contribution in [-0.2, 0) is 4.79 Å². The summed E-state index contributed by atoms with van der Waals surface area (Å²) in [5.74, 6) is -1.51. The molecule has 0 aliphatic rings. The molecule has 0 spiro atoms. The summed E-state index contributed by atoms with van der Waals surface area (Å²) in [6.45, 7) is 5.37. The Kier molecular flexibility index (Phi) is 5.42. The SMILES string of the molecule is CSc1ccc(C)c(C(=O)N[C@@H](C(=O)O)C(C)C)c1. The van der Waals surface area contributed by atoms with Gasteiger partial charge in [-0.15, -0.1) is 11.8 Å².